The summed E-state index contributed by atoms with van der Waals surface area (Å²) in [5, 5.41) is 11.4. The summed E-state index contributed by atoms with van der Waals surface area (Å²) >= 11 is 0. The minimum Gasteiger partial charge on any atom is -0.479 e. The second-order valence-corrected chi connectivity index (χ2v) is 5.48. The number of nitrogens with zero attached hydrogens (tertiary/aromatic N) is 2. The average molecular weight is 299 g/mol. The fourth-order valence-corrected chi connectivity index (χ4v) is 2.22. The lowest BCUT2D eigenvalue weighted by Gasteiger charge is -2.31. The Morgan fingerprint density at radius 1 is 1.43 bits per heavy atom. The number of aliphatic carboxylic acids is 1. The number of morpholine rings is 1. The lowest BCUT2D eigenvalue weighted by atomic mass is 10.1. The maximum absolute atomic E-state index is 12.1. The zero-order chi connectivity index (χ0) is 15.8. The maximum atomic E-state index is 12.1. The van der Waals surface area contributed by atoms with Gasteiger partial charge in [0.2, 0.25) is 5.91 Å². The number of rotatable bonds is 3. The lowest BCUT2D eigenvalue weighted by molar-refractivity contribution is -0.160. The fraction of sp³-hybridized carbons (Fsp3) is 0.667. The number of nitrogens with one attached hydrogen (secondary N) is 1. The first-order valence-electron chi connectivity index (χ1n) is 6.48. The van der Waals surface area contributed by atoms with Crippen LogP contribution >= 0.6 is 0 Å². The summed E-state index contributed by atoms with van der Waals surface area (Å²) in [5.41, 5.74) is -1.04. The van der Waals surface area contributed by atoms with Crippen molar-refractivity contribution in [2.45, 2.75) is 25.5 Å². The highest BCUT2D eigenvalue weighted by Crippen LogP contribution is 2.17. The monoisotopic (exact) mass is 299 g/mol. The normalized spacial score (nSPS) is 25.0. The molecule has 2 fully saturated rings. The van der Waals surface area contributed by atoms with E-state index >= 15 is 0 Å². The Hall–Kier alpha value is -2.16. The van der Waals surface area contributed by atoms with Gasteiger partial charge in [-0.2, -0.15) is 0 Å². The van der Waals surface area contributed by atoms with Crippen molar-refractivity contribution in [2.24, 2.45) is 0 Å². The molecule has 1 atom stereocenters. The molecule has 0 aromatic carbocycles. The molecule has 2 saturated heterocycles. The first-order valence-corrected chi connectivity index (χ1v) is 6.48. The molecule has 0 aromatic rings. The molecule has 0 aromatic heterocycles. The molecule has 2 aliphatic rings. The molecule has 9 heteroatoms. The molecule has 2 rings (SSSR count). The van der Waals surface area contributed by atoms with Crippen LogP contribution in [-0.2, 0) is 19.1 Å². The molecule has 116 valence electrons. The molecular formula is C12H17N3O6. The maximum Gasteiger partial charge on any atom is 0.334 e. The van der Waals surface area contributed by atoms with Crippen molar-refractivity contribution in [3.63, 3.8) is 0 Å². The van der Waals surface area contributed by atoms with Crippen LogP contribution in [0.25, 0.3) is 0 Å². The third-order valence-electron chi connectivity index (χ3n) is 3.43. The Morgan fingerprint density at radius 2 is 2.10 bits per heavy atom. The largest absolute Gasteiger partial charge is 0.479 e. The van der Waals surface area contributed by atoms with Crippen LogP contribution in [-0.4, -0.2) is 76.6 Å². The summed E-state index contributed by atoms with van der Waals surface area (Å²) in [5.74, 6) is -2.11. The number of carbonyl (C=O) groups excluding carboxylic acids is 3. The van der Waals surface area contributed by atoms with E-state index < -0.39 is 42.0 Å². The van der Waals surface area contributed by atoms with E-state index in [-0.39, 0.29) is 19.7 Å². The summed E-state index contributed by atoms with van der Waals surface area (Å²) in [6.07, 6.45) is -1.08. The van der Waals surface area contributed by atoms with E-state index in [2.05, 4.69) is 5.32 Å². The Balaban J connectivity index is 2.00. The highest BCUT2D eigenvalue weighted by molar-refractivity contribution is 6.08. The number of hydrogen-bond donors (Lipinski definition) is 2. The molecule has 1 unspecified atom stereocenters. The Labute approximate surface area is 120 Å². The van der Waals surface area contributed by atoms with Crippen molar-refractivity contribution in [1.82, 2.24) is 15.1 Å². The molecular weight excluding hydrogens is 282 g/mol. The molecule has 0 aliphatic carbocycles. The standard InChI is InChI=1S/C12H17N3O6/c1-12(2)10(19)15(11(20)13-12)6-8(16)14-3-4-21-7(5-14)9(17)18/h7H,3-6H2,1-2H3,(H,13,20)(H,17,18). The van der Waals surface area contributed by atoms with Gasteiger partial charge >= 0.3 is 12.0 Å². The second kappa shape index (κ2) is 5.32. The number of carbonyl (C=O) groups is 4. The van der Waals surface area contributed by atoms with Crippen molar-refractivity contribution in [3.05, 3.63) is 0 Å². The summed E-state index contributed by atoms with van der Waals surface area (Å²) in [4.78, 5) is 48.8. The number of imide groups is 1. The van der Waals surface area contributed by atoms with E-state index in [4.69, 9.17) is 9.84 Å². The molecule has 9 nitrogen and oxygen atoms in total. The highest BCUT2D eigenvalue weighted by atomic mass is 16.5. The third-order valence-corrected chi connectivity index (χ3v) is 3.43. The van der Waals surface area contributed by atoms with Crippen LogP contribution in [0.3, 0.4) is 0 Å². The molecule has 2 heterocycles. The predicted molar refractivity (Wildman–Crippen MR) is 68.3 cm³/mol. The van der Waals surface area contributed by atoms with Crippen LogP contribution in [0.15, 0.2) is 0 Å². The number of ether oxygens (including phenoxy) is 1. The fourth-order valence-electron chi connectivity index (χ4n) is 2.22. The van der Waals surface area contributed by atoms with Gasteiger partial charge in [-0.1, -0.05) is 0 Å². The first kappa shape index (κ1) is 15.2. The van der Waals surface area contributed by atoms with E-state index in [1.54, 1.807) is 13.8 Å². The van der Waals surface area contributed by atoms with E-state index in [9.17, 15) is 19.2 Å². The van der Waals surface area contributed by atoms with E-state index in [0.29, 0.717) is 0 Å². The molecule has 2 N–H and O–H groups in total. The average Bonchev–Trinajstić information content (AvgIpc) is 2.61. The zero-order valence-electron chi connectivity index (χ0n) is 11.8. The zero-order valence-corrected chi connectivity index (χ0v) is 11.8. The molecule has 0 spiro atoms. The lowest BCUT2D eigenvalue weighted by Crippen LogP contribution is -2.52. The van der Waals surface area contributed by atoms with Gasteiger partial charge < -0.3 is 20.1 Å². The molecule has 0 bridgehead atoms. The van der Waals surface area contributed by atoms with Gasteiger partial charge in [0.25, 0.3) is 5.91 Å². The summed E-state index contributed by atoms with van der Waals surface area (Å²) in [6.45, 7) is 2.94. The van der Waals surface area contributed by atoms with Crippen LogP contribution < -0.4 is 5.32 Å². The predicted octanol–water partition coefficient (Wildman–Crippen LogP) is -1.37. The van der Waals surface area contributed by atoms with E-state index in [1.807, 2.05) is 0 Å². The van der Waals surface area contributed by atoms with Crippen molar-refractivity contribution in [1.29, 1.82) is 0 Å². The minimum atomic E-state index is -1.15. The highest BCUT2D eigenvalue weighted by Gasteiger charge is 2.45. The number of carboxylic acids is 1. The molecule has 0 saturated carbocycles. The Kier molecular flexibility index (Phi) is 3.86. The van der Waals surface area contributed by atoms with Gasteiger partial charge in [0.15, 0.2) is 6.10 Å². The minimum absolute atomic E-state index is 0.0960. The van der Waals surface area contributed by atoms with Gasteiger partial charge in [-0.15, -0.1) is 0 Å². The molecule has 4 amide bonds. The molecule has 21 heavy (non-hydrogen) atoms. The summed E-state index contributed by atoms with van der Waals surface area (Å²) in [6, 6.07) is -0.624. The topological polar surface area (TPSA) is 116 Å². The Morgan fingerprint density at radius 3 is 2.62 bits per heavy atom. The van der Waals surface area contributed by atoms with Crippen molar-refractivity contribution < 1.29 is 29.0 Å². The van der Waals surface area contributed by atoms with Crippen molar-refractivity contribution in [2.75, 3.05) is 26.2 Å². The van der Waals surface area contributed by atoms with Crippen LogP contribution in [0, 0.1) is 0 Å². The number of urea groups is 1. The van der Waals surface area contributed by atoms with Crippen molar-refractivity contribution in [3.8, 4) is 0 Å². The van der Waals surface area contributed by atoms with Crippen LogP contribution in [0.5, 0.6) is 0 Å². The van der Waals surface area contributed by atoms with E-state index in [1.165, 1.54) is 4.90 Å². The number of hydrogen-bond acceptors (Lipinski definition) is 5. The van der Waals surface area contributed by atoms with Gasteiger partial charge in [0.05, 0.1) is 13.2 Å². The number of amides is 4. The number of carboxylic acid groups (broad SMARTS) is 1. The first-order chi connectivity index (χ1) is 9.72. The Bertz CT molecular complexity index is 503. The van der Waals surface area contributed by atoms with Gasteiger partial charge in [-0.3, -0.25) is 14.5 Å². The molecule has 2 aliphatic heterocycles. The van der Waals surface area contributed by atoms with E-state index in [0.717, 1.165) is 4.90 Å². The molecule has 0 radical (unpaired) electrons. The van der Waals surface area contributed by atoms with Crippen molar-refractivity contribution >= 4 is 23.8 Å². The smallest absolute Gasteiger partial charge is 0.334 e. The SMILES string of the molecule is CC1(C)NC(=O)N(CC(=O)N2CCOC(C(=O)O)C2)C1=O. The van der Waals surface area contributed by atoms with Gasteiger partial charge in [-0.05, 0) is 13.8 Å². The van der Waals surface area contributed by atoms with Crippen LogP contribution in [0.1, 0.15) is 13.8 Å². The van der Waals surface area contributed by atoms with Gasteiger partial charge in [0.1, 0.15) is 12.1 Å². The second-order valence-electron chi connectivity index (χ2n) is 5.48. The van der Waals surface area contributed by atoms with Gasteiger partial charge in [0, 0.05) is 6.54 Å². The summed E-state index contributed by atoms with van der Waals surface area (Å²) in [7, 11) is 0. The van der Waals surface area contributed by atoms with Gasteiger partial charge in [-0.25, -0.2) is 9.59 Å². The van der Waals surface area contributed by atoms with Crippen LogP contribution in [0.2, 0.25) is 0 Å². The quantitative estimate of drug-likeness (QED) is 0.621. The third kappa shape index (κ3) is 2.97. The summed E-state index contributed by atoms with van der Waals surface area (Å²) < 4.78 is 5.01. The van der Waals surface area contributed by atoms with Crippen LogP contribution in [0.4, 0.5) is 4.79 Å².